The van der Waals surface area contributed by atoms with Gasteiger partial charge < -0.3 is 4.74 Å². The van der Waals surface area contributed by atoms with Crippen LogP contribution in [0.25, 0.3) is 0 Å². The van der Waals surface area contributed by atoms with E-state index in [1.807, 2.05) is 6.07 Å². The third-order valence-corrected chi connectivity index (χ3v) is 4.78. The minimum absolute atomic E-state index is 0.241. The molecule has 0 amide bonds. The lowest BCUT2D eigenvalue weighted by Crippen LogP contribution is -2.27. The summed E-state index contributed by atoms with van der Waals surface area (Å²) in [5.74, 6) is 0.453. The summed E-state index contributed by atoms with van der Waals surface area (Å²) in [5, 5.41) is 0. The van der Waals surface area contributed by atoms with Crippen LogP contribution < -0.4 is 0 Å². The van der Waals surface area contributed by atoms with E-state index in [0.29, 0.717) is 18.8 Å². The SMILES string of the molecule is Cc1cccc(I)c1C1CCC(OCC(F)(F)F)CC1. The molecule has 0 atom stereocenters. The molecule has 0 N–H and O–H groups in total. The lowest BCUT2D eigenvalue weighted by molar-refractivity contribution is -0.188. The summed E-state index contributed by atoms with van der Waals surface area (Å²) in [4.78, 5) is 0. The van der Waals surface area contributed by atoms with Crippen LogP contribution in [0.5, 0.6) is 0 Å². The van der Waals surface area contributed by atoms with Crippen molar-refractivity contribution in [3.05, 3.63) is 32.9 Å². The maximum absolute atomic E-state index is 12.1. The van der Waals surface area contributed by atoms with E-state index in [4.69, 9.17) is 4.74 Å². The molecular formula is C15H18F3IO. The Labute approximate surface area is 131 Å². The second-order valence-electron chi connectivity index (χ2n) is 5.37. The fourth-order valence-electron chi connectivity index (χ4n) is 2.89. The van der Waals surface area contributed by atoms with Crippen molar-refractivity contribution >= 4 is 22.6 Å². The first-order chi connectivity index (χ1) is 9.37. The molecule has 1 saturated carbocycles. The van der Waals surface area contributed by atoms with Crippen molar-refractivity contribution < 1.29 is 17.9 Å². The van der Waals surface area contributed by atoms with Crippen LogP contribution in [0.4, 0.5) is 13.2 Å². The topological polar surface area (TPSA) is 9.23 Å². The smallest absolute Gasteiger partial charge is 0.369 e. The standard InChI is InChI=1S/C15H18F3IO/c1-10-3-2-4-13(19)14(10)11-5-7-12(8-6-11)20-9-15(16,17)18/h2-4,11-12H,5-9H2,1H3. The van der Waals surface area contributed by atoms with Gasteiger partial charge >= 0.3 is 6.18 Å². The van der Waals surface area contributed by atoms with Crippen molar-refractivity contribution in [1.82, 2.24) is 0 Å². The maximum atomic E-state index is 12.1. The Hall–Kier alpha value is -0.300. The summed E-state index contributed by atoms with van der Waals surface area (Å²) in [6, 6.07) is 6.23. The molecule has 2 rings (SSSR count). The lowest BCUT2D eigenvalue weighted by Gasteiger charge is -2.30. The Morgan fingerprint density at radius 3 is 2.40 bits per heavy atom. The van der Waals surface area contributed by atoms with Gasteiger partial charge in [-0.1, -0.05) is 12.1 Å². The Kier molecular flexibility index (Phi) is 5.34. The molecule has 0 radical (unpaired) electrons. The van der Waals surface area contributed by atoms with E-state index < -0.39 is 12.8 Å². The molecule has 1 aliphatic carbocycles. The fourth-order valence-corrected chi connectivity index (χ4v) is 3.97. The van der Waals surface area contributed by atoms with Crippen molar-refractivity contribution in [3.63, 3.8) is 0 Å². The predicted octanol–water partition coefficient (Wildman–Crippen LogP) is 5.20. The molecule has 1 aliphatic rings. The van der Waals surface area contributed by atoms with Crippen LogP contribution in [-0.4, -0.2) is 18.9 Å². The van der Waals surface area contributed by atoms with Gasteiger partial charge in [-0.25, -0.2) is 0 Å². The fraction of sp³-hybridized carbons (Fsp3) is 0.600. The van der Waals surface area contributed by atoms with Gasteiger partial charge in [-0.2, -0.15) is 13.2 Å². The molecule has 0 bridgehead atoms. The molecule has 0 heterocycles. The van der Waals surface area contributed by atoms with Gasteiger partial charge in [0.05, 0.1) is 6.10 Å². The van der Waals surface area contributed by atoms with E-state index >= 15 is 0 Å². The number of rotatable bonds is 3. The van der Waals surface area contributed by atoms with Crippen LogP contribution in [0.3, 0.4) is 0 Å². The zero-order valence-electron chi connectivity index (χ0n) is 11.3. The zero-order chi connectivity index (χ0) is 14.8. The van der Waals surface area contributed by atoms with Gasteiger partial charge in [-0.3, -0.25) is 0 Å². The number of hydrogen-bond donors (Lipinski definition) is 0. The second kappa shape index (κ2) is 6.64. The molecular weight excluding hydrogens is 380 g/mol. The molecule has 112 valence electrons. The summed E-state index contributed by atoms with van der Waals surface area (Å²) in [7, 11) is 0. The Balaban J connectivity index is 1.91. The summed E-state index contributed by atoms with van der Waals surface area (Å²) in [6.07, 6.45) is -1.22. The average Bonchev–Trinajstić information content (AvgIpc) is 2.37. The minimum Gasteiger partial charge on any atom is -0.369 e. The van der Waals surface area contributed by atoms with Gasteiger partial charge in [0.2, 0.25) is 0 Å². The monoisotopic (exact) mass is 398 g/mol. The van der Waals surface area contributed by atoms with Crippen LogP contribution in [-0.2, 0) is 4.74 Å². The van der Waals surface area contributed by atoms with Crippen molar-refractivity contribution in [3.8, 4) is 0 Å². The summed E-state index contributed by atoms with van der Waals surface area (Å²) >= 11 is 2.34. The van der Waals surface area contributed by atoms with Gasteiger partial charge in [-0.05, 0) is 78.3 Å². The molecule has 1 nitrogen and oxygen atoms in total. The average molecular weight is 398 g/mol. The number of alkyl halides is 3. The molecule has 0 aliphatic heterocycles. The molecule has 5 heteroatoms. The third-order valence-electron chi connectivity index (χ3n) is 3.84. The van der Waals surface area contributed by atoms with Crippen LogP contribution in [0, 0.1) is 10.5 Å². The van der Waals surface area contributed by atoms with Crippen molar-refractivity contribution in [1.29, 1.82) is 0 Å². The first kappa shape index (κ1) is 16.1. The van der Waals surface area contributed by atoms with Gasteiger partial charge in [0.25, 0.3) is 0 Å². The van der Waals surface area contributed by atoms with Gasteiger partial charge in [0.1, 0.15) is 6.61 Å². The largest absolute Gasteiger partial charge is 0.411 e. The predicted molar refractivity (Wildman–Crippen MR) is 80.9 cm³/mol. The van der Waals surface area contributed by atoms with E-state index in [9.17, 15) is 13.2 Å². The quantitative estimate of drug-likeness (QED) is 0.636. The summed E-state index contributed by atoms with van der Waals surface area (Å²) in [5.41, 5.74) is 2.64. The third kappa shape index (κ3) is 4.35. The molecule has 1 fully saturated rings. The van der Waals surface area contributed by atoms with Crippen molar-refractivity contribution in [2.45, 2.75) is 50.8 Å². The van der Waals surface area contributed by atoms with E-state index in [2.05, 4.69) is 41.6 Å². The lowest BCUT2D eigenvalue weighted by atomic mass is 9.81. The first-order valence-electron chi connectivity index (χ1n) is 6.80. The van der Waals surface area contributed by atoms with Crippen LogP contribution in [0.15, 0.2) is 18.2 Å². The molecule has 1 aromatic carbocycles. The number of ether oxygens (including phenoxy) is 1. The highest BCUT2D eigenvalue weighted by atomic mass is 127. The molecule has 0 saturated heterocycles. The molecule has 20 heavy (non-hydrogen) atoms. The first-order valence-corrected chi connectivity index (χ1v) is 7.88. The normalized spacial score (nSPS) is 23.9. The maximum Gasteiger partial charge on any atom is 0.411 e. The highest BCUT2D eigenvalue weighted by Gasteiger charge is 2.31. The van der Waals surface area contributed by atoms with E-state index in [-0.39, 0.29) is 6.10 Å². The van der Waals surface area contributed by atoms with Crippen LogP contribution in [0.1, 0.15) is 42.7 Å². The highest BCUT2D eigenvalue weighted by molar-refractivity contribution is 14.1. The molecule has 0 spiro atoms. The summed E-state index contributed by atoms with van der Waals surface area (Å²) in [6.45, 7) is 0.980. The van der Waals surface area contributed by atoms with Crippen molar-refractivity contribution in [2.24, 2.45) is 0 Å². The Morgan fingerprint density at radius 2 is 1.85 bits per heavy atom. The van der Waals surface area contributed by atoms with E-state index in [0.717, 1.165) is 12.8 Å². The highest BCUT2D eigenvalue weighted by Crippen LogP contribution is 2.38. The van der Waals surface area contributed by atoms with Crippen LogP contribution in [0.2, 0.25) is 0 Å². The van der Waals surface area contributed by atoms with Gasteiger partial charge in [0.15, 0.2) is 0 Å². The van der Waals surface area contributed by atoms with E-state index in [1.165, 1.54) is 14.7 Å². The number of benzene rings is 1. The van der Waals surface area contributed by atoms with Crippen molar-refractivity contribution in [2.75, 3.05) is 6.61 Å². The number of aryl methyl sites for hydroxylation is 1. The Morgan fingerprint density at radius 1 is 1.20 bits per heavy atom. The summed E-state index contributed by atoms with van der Waals surface area (Å²) < 4.78 is 42.6. The van der Waals surface area contributed by atoms with Crippen LogP contribution >= 0.6 is 22.6 Å². The zero-order valence-corrected chi connectivity index (χ0v) is 13.5. The molecule has 1 aromatic rings. The number of halogens is 4. The number of hydrogen-bond acceptors (Lipinski definition) is 1. The van der Waals surface area contributed by atoms with Gasteiger partial charge in [0, 0.05) is 3.57 Å². The second-order valence-corrected chi connectivity index (χ2v) is 6.53. The minimum atomic E-state index is -4.22. The molecule has 0 unspecified atom stereocenters. The van der Waals surface area contributed by atoms with E-state index in [1.54, 1.807) is 0 Å². The Bertz CT molecular complexity index is 431. The molecule has 0 aromatic heterocycles. The van der Waals surface area contributed by atoms with Gasteiger partial charge in [-0.15, -0.1) is 0 Å².